The first-order chi connectivity index (χ1) is 11.7. The molecule has 0 spiro atoms. The molecule has 1 amide bonds. The zero-order valence-corrected chi connectivity index (χ0v) is 14.4. The Labute approximate surface area is 144 Å². The quantitative estimate of drug-likeness (QED) is 0.884. The number of nitrogens with zero attached hydrogens (tertiary/aromatic N) is 1. The van der Waals surface area contributed by atoms with Crippen LogP contribution < -0.4 is 5.32 Å². The van der Waals surface area contributed by atoms with E-state index >= 15 is 0 Å². The maximum absolute atomic E-state index is 12.2. The van der Waals surface area contributed by atoms with E-state index in [1.807, 2.05) is 18.2 Å². The van der Waals surface area contributed by atoms with E-state index in [1.165, 1.54) is 23.1 Å². The molecule has 2 aromatic carbocycles. The smallest absolute Gasteiger partial charge is 0.234 e. The summed E-state index contributed by atoms with van der Waals surface area (Å²) in [6.45, 7) is 1.14. The zero-order valence-electron chi connectivity index (χ0n) is 14.4. The predicted molar refractivity (Wildman–Crippen MR) is 97.9 cm³/mol. The lowest BCUT2D eigenvalue weighted by molar-refractivity contribution is -0.122. The largest absolute Gasteiger partial charge is 0.355 e. The van der Waals surface area contributed by atoms with Gasteiger partial charge in [-0.2, -0.15) is 0 Å². The first kappa shape index (κ1) is 16.7. The van der Waals surface area contributed by atoms with Gasteiger partial charge in [0.25, 0.3) is 0 Å². The Morgan fingerprint density at radius 3 is 2.71 bits per heavy atom. The molecule has 1 aliphatic rings. The van der Waals surface area contributed by atoms with Crippen LogP contribution in [0.1, 0.15) is 35.6 Å². The average Bonchev–Trinajstić information content (AvgIpc) is 2.62. The second-order valence-electron chi connectivity index (χ2n) is 6.61. The van der Waals surface area contributed by atoms with Crippen molar-refractivity contribution < 1.29 is 4.79 Å². The fraction of sp³-hybridized carbons (Fsp3) is 0.381. The normalized spacial score (nSPS) is 16.7. The van der Waals surface area contributed by atoms with Gasteiger partial charge in [-0.05, 0) is 49.4 Å². The van der Waals surface area contributed by atoms with Gasteiger partial charge in [0, 0.05) is 12.6 Å². The van der Waals surface area contributed by atoms with Crippen LogP contribution in [0.25, 0.3) is 0 Å². The summed E-state index contributed by atoms with van der Waals surface area (Å²) in [5.74, 6) is 0.108. The minimum Gasteiger partial charge on any atom is -0.355 e. The van der Waals surface area contributed by atoms with Gasteiger partial charge in [0.2, 0.25) is 5.91 Å². The molecule has 0 fully saturated rings. The molecule has 3 nitrogen and oxygen atoms in total. The third kappa shape index (κ3) is 4.24. The van der Waals surface area contributed by atoms with Crippen LogP contribution in [0.3, 0.4) is 0 Å². The number of aryl methyl sites for hydroxylation is 1. The Kier molecular flexibility index (Phi) is 5.65. The number of benzene rings is 2. The molecule has 0 aromatic heterocycles. The summed E-state index contributed by atoms with van der Waals surface area (Å²) in [7, 11) is 2.06. The molecule has 0 heterocycles. The fourth-order valence-corrected chi connectivity index (χ4v) is 3.57. The standard InChI is InChI=1S/C21H26N2O/c1-23(20-13-7-11-18-10-5-6-12-19(18)20)16-21(24)22-15-14-17-8-3-2-4-9-17/h2-6,8-10,12,20H,7,11,13-16H2,1H3,(H,22,24)/t20-/m0/s1. The van der Waals surface area contributed by atoms with Gasteiger partial charge < -0.3 is 5.32 Å². The van der Waals surface area contributed by atoms with Gasteiger partial charge in [0.05, 0.1) is 6.54 Å². The van der Waals surface area contributed by atoms with Gasteiger partial charge in [-0.15, -0.1) is 0 Å². The Bertz CT molecular complexity index is 669. The maximum atomic E-state index is 12.2. The van der Waals surface area contributed by atoms with Crippen molar-refractivity contribution in [1.82, 2.24) is 10.2 Å². The van der Waals surface area contributed by atoms with Crippen LogP contribution in [0.2, 0.25) is 0 Å². The fourth-order valence-electron chi connectivity index (χ4n) is 3.57. The molecule has 3 heteroatoms. The van der Waals surface area contributed by atoms with Crippen LogP contribution in [-0.2, 0) is 17.6 Å². The monoisotopic (exact) mass is 322 g/mol. The van der Waals surface area contributed by atoms with Crippen LogP contribution in [0.5, 0.6) is 0 Å². The number of amides is 1. The molecule has 3 rings (SSSR count). The lowest BCUT2D eigenvalue weighted by Gasteiger charge is -2.32. The molecule has 0 aliphatic heterocycles. The molecule has 126 valence electrons. The van der Waals surface area contributed by atoms with Crippen LogP contribution in [0, 0.1) is 0 Å². The second kappa shape index (κ2) is 8.11. The number of carbonyl (C=O) groups excluding carboxylic acids is 1. The van der Waals surface area contributed by atoms with Crippen LogP contribution >= 0.6 is 0 Å². The SMILES string of the molecule is CN(CC(=O)NCCc1ccccc1)[C@H]1CCCc2ccccc21. The van der Waals surface area contributed by atoms with E-state index in [4.69, 9.17) is 0 Å². The van der Waals surface area contributed by atoms with Crippen molar-refractivity contribution in [2.24, 2.45) is 0 Å². The van der Waals surface area contributed by atoms with E-state index in [1.54, 1.807) is 0 Å². The lowest BCUT2D eigenvalue weighted by atomic mass is 9.87. The molecule has 1 N–H and O–H groups in total. The van der Waals surface area contributed by atoms with Gasteiger partial charge in [0.1, 0.15) is 0 Å². The topological polar surface area (TPSA) is 32.3 Å². The Morgan fingerprint density at radius 1 is 1.12 bits per heavy atom. The highest BCUT2D eigenvalue weighted by atomic mass is 16.2. The zero-order chi connectivity index (χ0) is 16.8. The summed E-state index contributed by atoms with van der Waals surface area (Å²) in [5.41, 5.74) is 4.08. The van der Waals surface area contributed by atoms with Crippen molar-refractivity contribution in [3.05, 3.63) is 71.3 Å². The maximum Gasteiger partial charge on any atom is 0.234 e. The van der Waals surface area contributed by atoms with Crippen molar-refractivity contribution in [3.63, 3.8) is 0 Å². The first-order valence-corrected chi connectivity index (χ1v) is 8.82. The number of likely N-dealkylation sites (N-methyl/N-ethyl adjacent to an activating group) is 1. The van der Waals surface area contributed by atoms with Gasteiger partial charge >= 0.3 is 0 Å². The van der Waals surface area contributed by atoms with E-state index in [0.29, 0.717) is 19.1 Å². The summed E-state index contributed by atoms with van der Waals surface area (Å²) in [6.07, 6.45) is 4.36. The Hall–Kier alpha value is -2.13. The van der Waals surface area contributed by atoms with Crippen molar-refractivity contribution in [1.29, 1.82) is 0 Å². The molecule has 24 heavy (non-hydrogen) atoms. The van der Waals surface area contributed by atoms with Crippen molar-refractivity contribution in [2.45, 2.75) is 31.7 Å². The minimum absolute atomic E-state index is 0.108. The third-order valence-corrected chi connectivity index (χ3v) is 4.84. The summed E-state index contributed by atoms with van der Waals surface area (Å²) in [5, 5.41) is 3.04. The molecule has 1 atom stereocenters. The molecule has 0 bridgehead atoms. The van der Waals surface area contributed by atoms with Gasteiger partial charge in [-0.1, -0.05) is 54.6 Å². The molecular formula is C21H26N2O. The highest BCUT2D eigenvalue weighted by molar-refractivity contribution is 5.78. The first-order valence-electron chi connectivity index (χ1n) is 8.82. The summed E-state index contributed by atoms with van der Waals surface area (Å²) >= 11 is 0. The molecule has 0 saturated heterocycles. The second-order valence-corrected chi connectivity index (χ2v) is 6.61. The van der Waals surface area contributed by atoms with E-state index in [2.05, 4.69) is 53.7 Å². The lowest BCUT2D eigenvalue weighted by Crippen LogP contribution is -2.38. The average molecular weight is 322 g/mol. The van der Waals surface area contributed by atoms with Gasteiger partial charge in [-0.25, -0.2) is 0 Å². The highest BCUT2D eigenvalue weighted by Crippen LogP contribution is 2.33. The number of carbonyl (C=O) groups is 1. The molecule has 0 saturated carbocycles. The van der Waals surface area contributed by atoms with Crippen LogP contribution in [0.15, 0.2) is 54.6 Å². The molecule has 1 aliphatic carbocycles. The van der Waals surface area contributed by atoms with Gasteiger partial charge in [0.15, 0.2) is 0 Å². The summed E-state index contributed by atoms with van der Waals surface area (Å²) < 4.78 is 0. The van der Waals surface area contributed by atoms with Gasteiger partial charge in [-0.3, -0.25) is 9.69 Å². The van der Waals surface area contributed by atoms with Crippen molar-refractivity contribution >= 4 is 5.91 Å². The molecule has 0 radical (unpaired) electrons. The van der Waals surface area contributed by atoms with Crippen molar-refractivity contribution in [2.75, 3.05) is 20.1 Å². The summed E-state index contributed by atoms with van der Waals surface area (Å²) in [6, 6.07) is 19.3. The Morgan fingerprint density at radius 2 is 1.88 bits per heavy atom. The number of rotatable bonds is 6. The number of nitrogens with one attached hydrogen (secondary N) is 1. The summed E-state index contributed by atoms with van der Waals surface area (Å²) in [4.78, 5) is 14.4. The van der Waals surface area contributed by atoms with Crippen molar-refractivity contribution in [3.8, 4) is 0 Å². The number of fused-ring (bicyclic) bond motifs is 1. The van der Waals surface area contributed by atoms with Crippen LogP contribution in [0.4, 0.5) is 0 Å². The molecular weight excluding hydrogens is 296 g/mol. The number of hydrogen-bond donors (Lipinski definition) is 1. The molecule has 0 unspecified atom stereocenters. The van der Waals surface area contributed by atoms with E-state index < -0.39 is 0 Å². The highest BCUT2D eigenvalue weighted by Gasteiger charge is 2.24. The van der Waals surface area contributed by atoms with E-state index in [0.717, 1.165) is 19.3 Å². The van der Waals surface area contributed by atoms with Crippen LogP contribution in [-0.4, -0.2) is 30.9 Å². The third-order valence-electron chi connectivity index (χ3n) is 4.84. The minimum atomic E-state index is 0.108. The van der Waals surface area contributed by atoms with E-state index in [9.17, 15) is 4.79 Å². The predicted octanol–water partition coefficient (Wildman–Crippen LogP) is 3.35. The molecule has 2 aromatic rings. The number of hydrogen-bond acceptors (Lipinski definition) is 2. The van der Waals surface area contributed by atoms with E-state index in [-0.39, 0.29) is 5.91 Å². The Balaban J connectivity index is 1.50.